The van der Waals surface area contributed by atoms with E-state index >= 15 is 0 Å². The van der Waals surface area contributed by atoms with Gasteiger partial charge in [-0.25, -0.2) is 4.98 Å². The van der Waals surface area contributed by atoms with Crippen LogP contribution in [0.15, 0.2) is 46.9 Å². The monoisotopic (exact) mass is 350 g/mol. The Labute approximate surface area is 152 Å². The van der Waals surface area contributed by atoms with Gasteiger partial charge in [0.25, 0.3) is 5.91 Å². The molecule has 1 fully saturated rings. The number of aromatic nitrogens is 1. The number of nitrogens with one attached hydrogen (secondary N) is 1. The maximum absolute atomic E-state index is 13.0. The van der Waals surface area contributed by atoms with Crippen molar-refractivity contribution in [1.29, 1.82) is 0 Å². The molecule has 4 rings (SSSR count). The number of hydrogen-bond donors (Lipinski definition) is 1. The van der Waals surface area contributed by atoms with Gasteiger partial charge in [0, 0.05) is 12.0 Å². The largest absolute Gasteiger partial charge is 0.460 e. The van der Waals surface area contributed by atoms with Crippen LogP contribution in [0.25, 0.3) is 22.4 Å². The maximum Gasteiger partial charge on any atom is 0.252 e. The number of hydrogen-bond acceptors (Lipinski definition) is 4. The third-order valence-corrected chi connectivity index (χ3v) is 4.83. The van der Waals surface area contributed by atoms with Crippen LogP contribution in [0.3, 0.4) is 0 Å². The number of amides is 1. The van der Waals surface area contributed by atoms with Gasteiger partial charge in [0.05, 0.1) is 23.2 Å². The first-order chi connectivity index (χ1) is 12.6. The molecule has 5 heteroatoms. The van der Waals surface area contributed by atoms with Gasteiger partial charge in [0.1, 0.15) is 11.5 Å². The highest BCUT2D eigenvalue weighted by atomic mass is 16.5. The normalized spacial score (nSPS) is 18.2. The van der Waals surface area contributed by atoms with Crippen LogP contribution < -0.4 is 5.32 Å². The molecule has 2 aromatic heterocycles. The molecule has 3 heterocycles. The zero-order chi connectivity index (χ0) is 18.1. The van der Waals surface area contributed by atoms with Gasteiger partial charge >= 0.3 is 0 Å². The summed E-state index contributed by atoms with van der Waals surface area (Å²) < 4.78 is 11.4. The van der Waals surface area contributed by atoms with E-state index < -0.39 is 0 Å². The first kappa shape index (κ1) is 16.8. The van der Waals surface area contributed by atoms with Crippen molar-refractivity contribution in [3.63, 3.8) is 0 Å². The molecule has 0 unspecified atom stereocenters. The van der Waals surface area contributed by atoms with Gasteiger partial charge in [-0.2, -0.15) is 0 Å². The molecule has 134 valence electrons. The van der Waals surface area contributed by atoms with E-state index in [0.717, 1.165) is 36.1 Å². The van der Waals surface area contributed by atoms with Crippen LogP contribution in [0, 0.1) is 6.92 Å². The van der Waals surface area contributed by atoms with E-state index in [0.29, 0.717) is 17.0 Å². The average Bonchev–Trinajstić information content (AvgIpc) is 3.32. The second-order valence-corrected chi connectivity index (χ2v) is 6.80. The Bertz CT molecular complexity index is 941. The van der Waals surface area contributed by atoms with Gasteiger partial charge in [-0.3, -0.25) is 4.79 Å². The fourth-order valence-corrected chi connectivity index (χ4v) is 3.44. The molecule has 1 aliphatic heterocycles. The minimum atomic E-state index is -0.115. The van der Waals surface area contributed by atoms with Gasteiger partial charge in [-0.1, -0.05) is 18.2 Å². The molecule has 1 aromatic carbocycles. The zero-order valence-corrected chi connectivity index (χ0v) is 15.0. The van der Waals surface area contributed by atoms with Crippen molar-refractivity contribution in [2.75, 3.05) is 6.61 Å². The molecule has 1 saturated heterocycles. The summed E-state index contributed by atoms with van der Waals surface area (Å²) >= 11 is 0. The van der Waals surface area contributed by atoms with Crippen LogP contribution in [0.5, 0.6) is 0 Å². The van der Waals surface area contributed by atoms with Crippen molar-refractivity contribution in [2.45, 2.75) is 38.8 Å². The molecule has 26 heavy (non-hydrogen) atoms. The fraction of sp³-hybridized carbons (Fsp3) is 0.333. The minimum absolute atomic E-state index is 0.0359. The summed E-state index contributed by atoms with van der Waals surface area (Å²) in [5, 5.41) is 3.92. The van der Waals surface area contributed by atoms with Crippen LogP contribution in [-0.4, -0.2) is 29.6 Å². The number of nitrogens with zero attached hydrogens (tertiary/aromatic N) is 1. The van der Waals surface area contributed by atoms with E-state index in [9.17, 15) is 4.79 Å². The van der Waals surface area contributed by atoms with Gasteiger partial charge in [-0.15, -0.1) is 0 Å². The minimum Gasteiger partial charge on any atom is -0.460 e. The number of pyridine rings is 1. The summed E-state index contributed by atoms with van der Waals surface area (Å²) in [5.41, 5.74) is 2.03. The Hall–Kier alpha value is -2.66. The van der Waals surface area contributed by atoms with Crippen LogP contribution in [0.4, 0.5) is 0 Å². The predicted octanol–water partition coefficient (Wildman–Crippen LogP) is 4.10. The molecule has 0 spiro atoms. The number of furan rings is 1. The quantitative estimate of drug-likeness (QED) is 0.769. The number of para-hydroxylation sites is 1. The van der Waals surface area contributed by atoms with Crippen LogP contribution in [0.1, 0.15) is 35.9 Å². The molecule has 1 N–H and O–H groups in total. The van der Waals surface area contributed by atoms with Crippen LogP contribution in [0.2, 0.25) is 0 Å². The smallest absolute Gasteiger partial charge is 0.252 e. The fourth-order valence-electron chi connectivity index (χ4n) is 3.44. The second kappa shape index (κ2) is 6.92. The summed E-state index contributed by atoms with van der Waals surface area (Å²) in [6.07, 6.45) is 2.11. The van der Waals surface area contributed by atoms with Crippen molar-refractivity contribution in [3.8, 4) is 11.5 Å². The second-order valence-electron chi connectivity index (χ2n) is 6.80. The average molecular weight is 350 g/mol. The third-order valence-electron chi connectivity index (χ3n) is 4.83. The van der Waals surface area contributed by atoms with E-state index in [4.69, 9.17) is 9.15 Å². The van der Waals surface area contributed by atoms with Gasteiger partial charge in [0.2, 0.25) is 0 Å². The highest BCUT2D eigenvalue weighted by Gasteiger charge is 2.25. The lowest BCUT2D eigenvalue weighted by Gasteiger charge is -2.20. The molecule has 2 atom stereocenters. The molecule has 0 bridgehead atoms. The van der Waals surface area contributed by atoms with E-state index in [1.807, 2.05) is 50.2 Å². The first-order valence-electron chi connectivity index (χ1n) is 9.01. The number of carbonyl (C=O) groups excluding carboxylic acids is 1. The van der Waals surface area contributed by atoms with E-state index in [-0.39, 0.29) is 18.1 Å². The predicted molar refractivity (Wildman–Crippen MR) is 100 cm³/mol. The molecule has 5 nitrogen and oxygen atoms in total. The number of ether oxygens (including phenoxy) is 1. The molecular formula is C21H22N2O3. The highest BCUT2D eigenvalue weighted by Crippen LogP contribution is 2.26. The number of fused-ring (bicyclic) bond motifs is 1. The number of aryl methyl sites for hydroxylation is 1. The Balaban J connectivity index is 1.71. The molecule has 0 radical (unpaired) electrons. The van der Waals surface area contributed by atoms with Crippen LogP contribution in [-0.2, 0) is 4.74 Å². The van der Waals surface area contributed by atoms with E-state index in [2.05, 4.69) is 10.3 Å². The Morgan fingerprint density at radius 1 is 1.27 bits per heavy atom. The summed E-state index contributed by atoms with van der Waals surface area (Å²) in [7, 11) is 0. The van der Waals surface area contributed by atoms with Gasteiger partial charge < -0.3 is 14.5 Å². The third kappa shape index (κ3) is 3.22. The maximum atomic E-state index is 13.0. The topological polar surface area (TPSA) is 64.4 Å². The molecule has 1 aliphatic rings. The van der Waals surface area contributed by atoms with Crippen molar-refractivity contribution >= 4 is 16.8 Å². The highest BCUT2D eigenvalue weighted by molar-refractivity contribution is 6.07. The molecule has 1 amide bonds. The van der Waals surface area contributed by atoms with Gasteiger partial charge in [-0.05, 0) is 51.0 Å². The summed E-state index contributed by atoms with van der Waals surface area (Å²) in [6, 6.07) is 13.2. The first-order valence-corrected chi connectivity index (χ1v) is 9.01. The molecule has 0 aliphatic carbocycles. The number of benzene rings is 1. The Kier molecular flexibility index (Phi) is 4.47. The number of carbonyl (C=O) groups is 1. The Morgan fingerprint density at radius 3 is 2.85 bits per heavy atom. The molecule has 0 saturated carbocycles. The SMILES string of the molecule is Cc1ccc(-c2cc(C(=O)N[C@H](C)[C@H]3CCCO3)c3ccccc3n2)o1. The van der Waals surface area contributed by atoms with Crippen molar-refractivity contribution in [2.24, 2.45) is 0 Å². The lowest BCUT2D eigenvalue weighted by atomic mass is 10.0. The Morgan fingerprint density at radius 2 is 2.12 bits per heavy atom. The summed E-state index contributed by atoms with van der Waals surface area (Å²) in [5.74, 6) is 1.36. The standard InChI is InChI=1S/C21H22N2O3/c1-13-9-10-20(26-13)18-12-16(15-6-3-4-7-17(15)23-18)21(24)22-14(2)19-8-5-11-25-19/h3-4,6-7,9-10,12,14,19H,5,8,11H2,1-2H3,(H,22,24)/t14-,19-/m1/s1. The van der Waals surface area contributed by atoms with Gasteiger partial charge in [0.15, 0.2) is 5.76 Å². The summed E-state index contributed by atoms with van der Waals surface area (Å²) in [6.45, 7) is 4.65. The van der Waals surface area contributed by atoms with Crippen molar-refractivity contribution in [1.82, 2.24) is 10.3 Å². The molecular weight excluding hydrogens is 328 g/mol. The lowest BCUT2D eigenvalue weighted by Crippen LogP contribution is -2.40. The molecule has 3 aromatic rings. The van der Waals surface area contributed by atoms with E-state index in [1.165, 1.54) is 0 Å². The number of rotatable bonds is 4. The van der Waals surface area contributed by atoms with E-state index in [1.54, 1.807) is 6.07 Å². The lowest BCUT2D eigenvalue weighted by molar-refractivity contribution is 0.0713. The van der Waals surface area contributed by atoms with Crippen molar-refractivity contribution < 1.29 is 13.9 Å². The summed E-state index contributed by atoms with van der Waals surface area (Å²) in [4.78, 5) is 17.6. The zero-order valence-electron chi connectivity index (χ0n) is 15.0. The van der Waals surface area contributed by atoms with Crippen LogP contribution >= 0.6 is 0 Å². The van der Waals surface area contributed by atoms with Crippen molar-refractivity contribution in [3.05, 3.63) is 53.8 Å².